The summed E-state index contributed by atoms with van der Waals surface area (Å²) in [6.07, 6.45) is 0. The number of aromatic nitrogens is 2. The molecular formula is C19H19BrN4O. The Morgan fingerprint density at radius 3 is 2.52 bits per heavy atom. The van der Waals surface area contributed by atoms with Crippen LogP contribution < -0.4 is 15.4 Å². The largest absolute Gasteiger partial charge is 0.497 e. The van der Waals surface area contributed by atoms with E-state index in [1.165, 1.54) is 0 Å². The molecule has 6 heteroatoms. The summed E-state index contributed by atoms with van der Waals surface area (Å²) >= 11 is 3.53. The van der Waals surface area contributed by atoms with Crippen molar-refractivity contribution in [3.8, 4) is 5.75 Å². The summed E-state index contributed by atoms with van der Waals surface area (Å²) in [5.74, 6) is 2.18. The lowest BCUT2D eigenvalue weighted by molar-refractivity contribution is 0.414. The smallest absolute Gasteiger partial charge is 0.225 e. The minimum absolute atomic E-state index is 0.588. The fourth-order valence-corrected chi connectivity index (χ4v) is 2.72. The quantitative estimate of drug-likeness (QED) is 0.617. The zero-order valence-electron chi connectivity index (χ0n) is 14.1. The van der Waals surface area contributed by atoms with Gasteiger partial charge in [-0.05, 0) is 52.7 Å². The third-order valence-electron chi connectivity index (χ3n) is 3.60. The van der Waals surface area contributed by atoms with Gasteiger partial charge in [0.05, 0.1) is 12.8 Å². The molecule has 0 atom stereocenters. The predicted octanol–water partition coefficient (Wildman–Crippen LogP) is 4.91. The van der Waals surface area contributed by atoms with Crippen molar-refractivity contribution in [1.82, 2.24) is 9.97 Å². The number of hydrogen-bond acceptors (Lipinski definition) is 5. The first-order valence-corrected chi connectivity index (χ1v) is 8.67. The maximum atomic E-state index is 5.17. The topological polar surface area (TPSA) is 59.1 Å². The van der Waals surface area contributed by atoms with Crippen molar-refractivity contribution in [1.29, 1.82) is 0 Å². The SMILES string of the molecule is COc1ccc(CNc2nc(C)cc(Nc3ccccc3Br)n2)cc1. The lowest BCUT2D eigenvalue weighted by Gasteiger charge is -2.11. The van der Waals surface area contributed by atoms with Crippen LogP contribution in [-0.4, -0.2) is 17.1 Å². The first-order valence-electron chi connectivity index (χ1n) is 7.88. The Bertz CT molecular complexity index is 852. The maximum absolute atomic E-state index is 5.17. The summed E-state index contributed by atoms with van der Waals surface area (Å²) in [6.45, 7) is 2.59. The molecule has 0 bridgehead atoms. The van der Waals surface area contributed by atoms with Crippen molar-refractivity contribution in [2.75, 3.05) is 17.7 Å². The Hall–Kier alpha value is -2.60. The second-order valence-electron chi connectivity index (χ2n) is 5.52. The van der Waals surface area contributed by atoms with Crippen molar-refractivity contribution in [3.63, 3.8) is 0 Å². The minimum atomic E-state index is 0.588. The van der Waals surface area contributed by atoms with Crippen molar-refractivity contribution in [2.45, 2.75) is 13.5 Å². The number of ether oxygens (including phenoxy) is 1. The number of anilines is 3. The summed E-state index contributed by atoms with van der Waals surface area (Å²) in [5.41, 5.74) is 2.98. The van der Waals surface area contributed by atoms with Gasteiger partial charge in [-0.3, -0.25) is 0 Å². The molecule has 0 aliphatic rings. The number of para-hydroxylation sites is 1. The summed E-state index contributed by atoms with van der Waals surface area (Å²) in [5, 5.41) is 6.58. The van der Waals surface area contributed by atoms with E-state index < -0.39 is 0 Å². The molecule has 0 radical (unpaired) electrons. The fourth-order valence-electron chi connectivity index (χ4n) is 2.34. The Morgan fingerprint density at radius 2 is 1.80 bits per heavy atom. The Labute approximate surface area is 155 Å². The molecule has 5 nitrogen and oxygen atoms in total. The average molecular weight is 399 g/mol. The van der Waals surface area contributed by atoms with Crippen LogP contribution in [0.4, 0.5) is 17.5 Å². The van der Waals surface area contributed by atoms with Crippen LogP contribution in [0, 0.1) is 6.92 Å². The van der Waals surface area contributed by atoms with E-state index in [4.69, 9.17) is 4.74 Å². The van der Waals surface area contributed by atoms with E-state index in [1.807, 2.05) is 61.5 Å². The molecule has 2 aromatic carbocycles. The number of nitrogens with one attached hydrogen (secondary N) is 2. The molecule has 0 saturated heterocycles. The van der Waals surface area contributed by atoms with Crippen molar-refractivity contribution in [2.24, 2.45) is 0 Å². The standard InChI is InChI=1S/C19H19BrN4O/c1-13-11-18(23-17-6-4-3-5-16(17)20)24-19(22-13)21-12-14-7-9-15(25-2)10-8-14/h3-11H,12H2,1-2H3,(H2,21,22,23,24). The lowest BCUT2D eigenvalue weighted by Crippen LogP contribution is -2.06. The maximum Gasteiger partial charge on any atom is 0.225 e. The summed E-state index contributed by atoms with van der Waals surface area (Å²) in [4.78, 5) is 8.99. The van der Waals surface area contributed by atoms with Crippen LogP contribution in [0.2, 0.25) is 0 Å². The monoisotopic (exact) mass is 398 g/mol. The van der Waals surface area contributed by atoms with Gasteiger partial charge in [0.1, 0.15) is 11.6 Å². The van der Waals surface area contributed by atoms with Crippen molar-refractivity contribution >= 4 is 33.4 Å². The molecule has 3 rings (SSSR count). The van der Waals surface area contributed by atoms with Crippen LogP contribution in [0.5, 0.6) is 5.75 Å². The third-order valence-corrected chi connectivity index (χ3v) is 4.29. The van der Waals surface area contributed by atoms with E-state index >= 15 is 0 Å². The van der Waals surface area contributed by atoms with Crippen LogP contribution in [0.15, 0.2) is 59.1 Å². The predicted molar refractivity (Wildman–Crippen MR) is 105 cm³/mol. The average Bonchev–Trinajstić information content (AvgIpc) is 2.62. The second-order valence-corrected chi connectivity index (χ2v) is 6.38. The van der Waals surface area contributed by atoms with Crippen LogP contribution in [-0.2, 0) is 6.54 Å². The number of hydrogen-bond donors (Lipinski definition) is 2. The van der Waals surface area contributed by atoms with Gasteiger partial charge in [-0.2, -0.15) is 4.98 Å². The number of halogens is 1. The number of methoxy groups -OCH3 is 1. The molecule has 0 amide bonds. The number of aryl methyl sites for hydroxylation is 1. The van der Waals surface area contributed by atoms with E-state index in [2.05, 4.69) is 36.5 Å². The van der Waals surface area contributed by atoms with E-state index in [0.717, 1.165) is 33.0 Å². The molecule has 25 heavy (non-hydrogen) atoms. The Kier molecular flexibility index (Phi) is 5.50. The molecule has 0 aliphatic carbocycles. The fraction of sp³-hybridized carbons (Fsp3) is 0.158. The first kappa shape index (κ1) is 17.2. The van der Waals surface area contributed by atoms with Crippen LogP contribution in [0.25, 0.3) is 0 Å². The van der Waals surface area contributed by atoms with Gasteiger partial charge in [-0.1, -0.05) is 24.3 Å². The van der Waals surface area contributed by atoms with Crippen LogP contribution in [0.1, 0.15) is 11.3 Å². The van der Waals surface area contributed by atoms with Crippen LogP contribution >= 0.6 is 15.9 Å². The molecule has 128 valence electrons. The highest BCUT2D eigenvalue weighted by atomic mass is 79.9. The molecule has 0 unspecified atom stereocenters. The van der Waals surface area contributed by atoms with Gasteiger partial charge in [-0.15, -0.1) is 0 Å². The molecule has 0 fully saturated rings. The van der Waals surface area contributed by atoms with E-state index in [1.54, 1.807) is 7.11 Å². The van der Waals surface area contributed by atoms with Gasteiger partial charge in [-0.25, -0.2) is 4.98 Å². The highest BCUT2D eigenvalue weighted by Crippen LogP contribution is 2.25. The molecular weight excluding hydrogens is 380 g/mol. The molecule has 1 heterocycles. The zero-order valence-corrected chi connectivity index (χ0v) is 15.7. The highest BCUT2D eigenvalue weighted by Gasteiger charge is 2.05. The molecule has 0 aliphatic heterocycles. The van der Waals surface area contributed by atoms with Gasteiger partial charge in [0.2, 0.25) is 5.95 Å². The number of rotatable bonds is 6. The third kappa shape index (κ3) is 4.70. The normalized spacial score (nSPS) is 10.4. The molecule has 1 aromatic heterocycles. The molecule has 0 saturated carbocycles. The lowest BCUT2D eigenvalue weighted by atomic mass is 10.2. The zero-order chi connectivity index (χ0) is 17.6. The Balaban J connectivity index is 1.71. The van der Waals surface area contributed by atoms with E-state index in [-0.39, 0.29) is 0 Å². The minimum Gasteiger partial charge on any atom is -0.497 e. The number of nitrogens with zero attached hydrogens (tertiary/aromatic N) is 2. The Morgan fingerprint density at radius 1 is 1.04 bits per heavy atom. The van der Waals surface area contributed by atoms with Crippen LogP contribution in [0.3, 0.4) is 0 Å². The van der Waals surface area contributed by atoms with Gasteiger partial charge in [0.15, 0.2) is 0 Å². The highest BCUT2D eigenvalue weighted by molar-refractivity contribution is 9.10. The molecule has 3 aromatic rings. The number of benzene rings is 2. The van der Waals surface area contributed by atoms with Crippen molar-refractivity contribution < 1.29 is 4.74 Å². The molecule has 0 spiro atoms. The van der Waals surface area contributed by atoms with Gasteiger partial charge >= 0.3 is 0 Å². The van der Waals surface area contributed by atoms with Crippen molar-refractivity contribution in [3.05, 3.63) is 70.3 Å². The van der Waals surface area contributed by atoms with Gasteiger partial charge < -0.3 is 15.4 Å². The second kappa shape index (κ2) is 7.98. The molecule has 2 N–H and O–H groups in total. The summed E-state index contributed by atoms with van der Waals surface area (Å²) < 4.78 is 6.16. The summed E-state index contributed by atoms with van der Waals surface area (Å²) in [6, 6.07) is 17.8. The van der Waals surface area contributed by atoms with E-state index in [0.29, 0.717) is 12.5 Å². The summed E-state index contributed by atoms with van der Waals surface area (Å²) in [7, 11) is 1.66. The van der Waals surface area contributed by atoms with Gasteiger partial charge in [0, 0.05) is 22.8 Å². The van der Waals surface area contributed by atoms with E-state index in [9.17, 15) is 0 Å². The first-order chi connectivity index (χ1) is 12.1. The van der Waals surface area contributed by atoms with Gasteiger partial charge in [0.25, 0.3) is 0 Å².